The van der Waals surface area contributed by atoms with Crippen molar-refractivity contribution in [1.82, 2.24) is 5.32 Å². The number of rotatable bonds is 5. The van der Waals surface area contributed by atoms with Crippen LogP contribution in [0, 0.1) is 0 Å². The topological polar surface area (TPSA) is 58.6 Å². The first-order chi connectivity index (χ1) is 9.69. The molecule has 1 aromatic rings. The van der Waals surface area contributed by atoms with Gasteiger partial charge in [0.1, 0.15) is 0 Å². The highest BCUT2D eigenvalue weighted by molar-refractivity contribution is 7.12. The fourth-order valence-electron chi connectivity index (χ4n) is 2.58. The van der Waals surface area contributed by atoms with Crippen LogP contribution in [0.25, 0.3) is 0 Å². The van der Waals surface area contributed by atoms with E-state index < -0.39 is 0 Å². The van der Waals surface area contributed by atoms with E-state index in [4.69, 9.17) is 0 Å². The molecule has 112 valence electrons. The molecule has 0 aromatic carbocycles. The van der Waals surface area contributed by atoms with E-state index in [1.165, 1.54) is 24.8 Å². The Hall–Kier alpha value is -0.910. The van der Waals surface area contributed by atoms with Gasteiger partial charge in [0.25, 0.3) is 0 Å². The maximum Gasteiger partial charge on any atom is 0.310 e. The molecule has 2 unspecified atom stereocenters. The molecule has 2 rings (SSSR count). The maximum absolute atomic E-state index is 11.2. The zero-order valence-electron chi connectivity index (χ0n) is 11.9. The lowest BCUT2D eigenvalue weighted by molar-refractivity contribution is -0.139. The lowest BCUT2D eigenvalue weighted by atomic mass is 10.1. The van der Waals surface area contributed by atoms with Gasteiger partial charge in [-0.3, -0.25) is 4.79 Å². The van der Waals surface area contributed by atoms with Crippen LogP contribution in [0.5, 0.6) is 0 Å². The summed E-state index contributed by atoms with van der Waals surface area (Å²) in [4.78, 5) is 13.4. The predicted molar refractivity (Wildman–Crippen MR) is 79.8 cm³/mol. The molecule has 1 saturated carbocycles. The number of hydrogen-bond donors (Lipinski definition) is 2. The van der Waals surface area contributed by atoms with E-state index in [0.29, 0.717) is 6.42 Å². The Morgan fingerprint density at radius 2 is 2.10 bits per heavy atom. The highest BCUT2D eigenvalue weighted by Crippen LogP contribution is 2.21. The first kappa shape index (κ1) is 15.5. The SMILES string of the molecule is COC(=O)Cc1ccc(CNC2CCCCCC2O)s1. The fourth-order valence-corrected chi connectivity index (χ4v) is 3.54. The van der Waals surface area contributed by atoms with Crippen molar-refractivity contribution in [1.29, 1.82) is 0 Å². The molecule has 0 radical (unpaired) electrons. The van der Waals surface area contributed by atoms with E-state index >= 15 is 0 Å². The van der Waals surface area contributed by atoms with Crippen LogP contribution in [0.1, 0.15) is 41.9 Å². The third-order valence-electron chi connectivity index (χ3n) is 3.78. The van der Waals surface area contributed by atoms with Crippen LogP contribution in [0.3, 0.4) is 0 Å². The van der Waals surface area contributed by atoms with Crippen molar-refractivity contribution >= 4 is 17.3 Å². The van der Waals surface area contributed by atoms with Crippen molar-refractivity contribution in [3.05, 3.63) is 21.9 Å². The number of hydrogen-bond acceptors (Lipinski definition) is 5. The highest BCUT2D eigenvalue weighted by atomic mass is 32.1. The fraction of sp³-hybridized carbons (Fsp3) is 0.667. The highest BCUT2D eigenvalue weighted by Gasteiger charge is 2.21. The molecule has 5 heteroatoms. The van der Waals surface area contributed by atoms with Crippen LogP contribution >= 0.6 is 11.3 Å². The number of aliphatic hydroxyl groups is 1. The Morgan fingerprint density at radius 1 is 1.35 bits per heavy atom. The van der Waals surface area contributed by atoms with Crippen LogP contribution in [-0.4, -0.2) is 30.3 Å². The molecule has 1 aliphatic rings. The minimum atomic E-state index is -0.230. The van der Waals surface area contributed by atoms with Crippen molar-refractivity contribution in [2.45, 2.75) is 57.2 Å². The van der Waals surface area contributed by atoms with Gasteiger partial charge in [-0.15, -0.1) is 11.3 Å². The Balaban J connectivity index is 1.82. The van der Waals surface area contributed by atoms with Gasteiger partial charge in [-0.25, -0.2) is 0 Å². The maximum atomic E-state index is 11.2. The number of carbonyl (C=O) groups excluding carboxylic acids is 1. The van der Waals surface area contributed by atoms with Crippen molar-refractivity contribution in [2.24, 2.45) is 0 Å². The average Bonchev–Trinajstić information content (AvgIpc) is 2.78. The summed E-state index contributed by atoms with van der Waals surface area (Å²) < 4.78 is 4.67. The average molecular weight is 297 g/mol. The Labute approximate surface area is 124 Å². The quantitative estimate of drug-likeness (QED) is 0.646. The largest absolute Gasteiger partial charge is 0.469 e. The number of thiophene rings is 1. The standard InChI is InChI=1S/C15H23NO3S/c1-19-15(18)9-11-7-8-12(20-11)10-16-13-5-3-2-4-6-14(13)17/h7-8,13-14,16-17H,2-6,9-10H2,1H3. The summed E-state index contributed by atoms with van der Waals surface area (Å²) in [7, 11) is 1.41. The Morgan fingerprint density at radius 3 is 2.90 bits per heavy atom. The lowest BCUT2D eigenvalue weighted by Gasteiger charge is -2.21. The summed E-state index contributed by atoms with van der Waals surface area (Å²) in [5.41, 5.74) is 0. The second-order valence-corrected chi connectivity index (χ2v) is 6.57. The van der Waals surface area contributed by atoms with Crippen LogP contribution < -0.4 is 5.32 Å². The van der Waals surface area contributed by atoms with E-state index in [1.54, 1.807) is 11.3 Å². The van der Waals surface area contributed by atoms with Gasteiger partial charge in [0.15, 0.2) is 0 Å². The summed E-state index contributed by atoms with van der Waals surface area (Å²) in [6.45, 7) is 0.758. The second-order valence-electron chi connectivity index (χ2n) is 5.31. The molecular formula is C15H23NO3S. The van der Waals surface area contributed by atoms with Gasteiger partial charge in [0, 0.05) is 22.3 Å². The second kappa shape index (κ2) is 7.76. The molecule has 1 fully saturated rings. The van der Waals surface area contributed by atoms with Gasteiger partial charge < -0.3 is 15.2 Å². The van der Waals surface area contributed by atoms with E-state index in [9.17, 15) is 9.90 Å². The molecule has 2 N–H and O–H groups in total. The van der Waals surface area contributed by atoms with E-state index in [0.717, 1.165) is 30.7 Å². The smallest absolute Gasteiger partial charge is 0.310 e. The molecule has 0 amide bonds. The van der Waals surface area contributed by atoms with Crippen LogP contribution in [-0.2, 0) is 22.5 Å². The Bertz CT molecular complexity index is 433. The molecule has 0 aliphatic heterocycles. The number of methoxy groups -OCH3 is 1. The number of aliphatic hydroxyl groups excluding tert-OH is 1. The van der Waals surface area contributed by atoms with E-state index in [1.807, 2.05) is 12.1 Å². The molecule has 1 heterocycles. The third kappa shape index (κ3) is 4.58. The number of ether oxygens (including phenoxy) is 1. The van der Waals surface area contributed by atoms with Gasteiger partial charge in [-0.05, 0) is 25.0 Å². The molecule has 2 atom stereocenters. The van der Waals surface area contributed by atoms with Crippen LogP contribution in [0.4, 0.5) is 0 Å². The zero-order chi connectivity index (χ0) is 14.4. The third-order valence-corrected chi connectivity index (χ3v) is 4.87. The number of esters is 1. The van der Waals surface area contributed by atoms with Crippen molar-refractivity contribution < 1.29 is 14.6 Å². The summed E-state index contributed by atoms with van der Waals surface area (Å²) in [6, 6.07) is 4.21. The molecule has 0 saturated heterocycles. The molecule has 1 aliphatic carbocycles. The van der Waals surface area contributed by atoms with Crippen molar-refractivity contribution in [3.63, 3.8) is 0 Å². The molecule has 4 nitrogen and oxygen atoms in total. The predicted octanol–water partition coefficient (Wildman–Crippen LogP) is 2.25. The molecule has 0 bridgehead atoms. The normalized spacial score (nSPS) is 23.3. The van der Waals surface area contributed by atoms with Gasteiger partial charge >= 0.3 is 5.97 Å². The summed E-state index contributed by atoms with van der Waals surface area (Å²) in [5.74, 6) is -0.203. The van der Waals surface area contributed by atoms with Crippen LogP contribution in [0.15, 0.2) is 12.1 Å². The van der Waals surface area contributed by atoms with Gasteiger partial charge in [0.2, 0.25) is 0 Å². The van der Waals surface area contributed by atoms with Crippen molar-refractivity contribution in [3.8, 4) is 0 Å². The summed E-state index contributed by atoms with van der Waals surface area (Å²) in [5, 5.41) is 13.5. The number of nitrogens with one attached hydrogen (secondary N) is 1. The molecule has 0 spiro atoms. The first-order valence-corrected chi connectivity index (χ1v) is 8.06. The van der Waals surface area contributed by atoms with E-state index in [2.05, 4.69) is 10.1 Å². The minimum absolute atomic E-state index is 0.198. The lowest BCUT2D eigenvalue weighted by Crippen LogP contribution is -2.38. The monoisotopic (exact) mass is 297 g/mol. The van der Waals surface area contributed by atoms with E-state index in [-0.39, 0.29) is 18.1 Å². The van der Waals surface area contributed by atoms with Gasteiger partial charge in [0.05, 0.1) is 19.6 Å². The summed E-state index contributed by atoms with van der Waals surface area (Å²) >= 11 is 1.63. The van der Waals surface area contributed by atoms with Gasteiger partial charge in [-0.2, -0.15) is 0 Å². The zero-order valence-corrected chi connectivity index (χ0v) is 12.7. The van der Waals surface area contributed by atoms with Crippen molar-refractivity contribution in [2.75, 3.05) is 7.11 Å². The molecule has 1 aromatic heterocycles. The minimum Gasteiger partial charge on any atom is -0.469 e. The van der Waals surface area contributed by atoms with Gasteiger partial charge in [-0.1, -0.05) is 19.3 Å². The number of carbonyl (C=O) groups is 1. The Kier molecular flexibility index (Phi) is 6.01. The molecule has 20 heavy (non-hydrogen) atoms. The first-order valence-electron chi connectivity index (χ1n) is 7.25. The summed E-state index contributed by atoms with van der Waals surface area (Å²) in [6.07, 6.45) is 5.59. The molecular weight excluding hydrogens is 274 g/mol. The van der Waals surface area contributed by atoms with Crippen LogP contribution in [0.2, 0.25) is 0 Å².